The van der Waals surface area contributed by atoms with Crippen molar-refractivity contribution in [2.45, 2.75) is 18.9 Å². The number of nitrogens with one attached hydrogen (secondary N) is 1. The van der Waals surface area contributed by atoms with E-state index in [1.807, 2.05) is 0 Å². The maximum absolute atomic E-state index is 13.5. The third kappa shape index (κ3) is 1.73. The van der Waals surface area contributed by atoms with Crippen molar-refractivity contribution in [3.8, 4) is 5.75 Å². The van der Waals surface area contributed by atoms with Gasteiger partial charge < -0.3 is 10.1 Å². The molecule has 14 heavy (non-hydrogen) atoms. The first-order chi connectivity index (χ1) is 6.81. The van der Waals surface area contributed by atoms with Crippen LogP contribution in [0.1, 0.15) is 24.4 Å². The van der Waals surface area contributed by atoms with Crippen molar-refractivity contribution < 1.29 is 9.13 Å². The largest absolute Gasteiger partial charge is 0.497 e. The van der Waals surface area contributed by atoms with Crippen LogP contribution in [0.5, 0.6) is 5.75 Å². The first-order valence-corrected chi connectivity index (χ1v) is 4.88. The molecule has 0 aromatic heterocycles. The van der Waals surface area contributed by atoms with Crippen LogP contribution in [0.4, 0.5) is 4.39 Å². The minimum Gasteiger partial charge on any atom is -0.497 e. The zero-order valence-corrected chi connectivity index (χ0v) is 8.22. The summed E-state index contributed by atoms with van der Waals surface area (Å²) in [4.78, 5) is 0. The molecule has 1 N–H and O–H groups in total. The number of halogens is 1. The minimum atomic E-state index is -0.148. The average molecular weight is 195 g/mol. The lowest BCUT2D eigenvalue weighted by Gasteiger charge is -2.12. The molecule has 1 heterocycles. The Balaban J connectivity index is 2.29. The van der Waals surface area contributed by atoms with Gasteiger partial charge in [0.1, 0.15) is 11.6 Å². The standard InChI is InChI=1S/C11H14FNO/c1-14-8-4-5-10(12)9(7-8)11-3-2-6-13-11/h4-5,7,11,13H,2-3,6H2,1H3/t11-/m0/s1. The number of hydrogen-bond acceptors (Lipinski definition) is 2. The molecule has 2 nitrogen and oxygen atoms in total. The normalized spacial score (nSPS) is 21.1. The lowest BCUT2D eigenvalue weighted by molar-refractivity contribution is 0.411. The zero-order chi connectivity index (χ0) is 9.97. The molecule has 2 rings (SSSR count). The molecule has 1 aromatic carbocycles. The Bertz CT molecular complexity index is 321. The molecular formula is C11H14FNO. The molecule has 0 bridgehead atoms. The van der Waals surface area contributed by atoms with E-state index in [0.717, 1.165) is 30.7 Å². The van der Waals surface area contributed by atoms with E-state index in [-0.39, 0.29) is 11.9 Å². The van der Waals surface area contributed by atoms with Crippen molar-refractivity contribution in [3.63, 3.8) is 0 Å². The van der Waals surface area contributed by atoms with Gasteiger partial charge in [0.2, 0.25) is 0 Å². The summed E-state index contributed by atoms with van der Waals surface area (Å²) in [5.74, 6) is 0.570. The Morgan fingerprint density at radius 2 is 2.36 bits per heavy atom. The van der Waals surface area contributed by atoms with Crippen LogP contribution in [0.2, 0.25) is 0 Å². The van der Waals surface area contributed by atoms with Crippen molar-refractivity contribution >= 4 is 0 Å². The summed E-state index contributed by atoms with van der Waals surface area (Å²) in [6.07, 6.45) is 2.12. The first kappa shape index (κ1) is 9.46. The molecule has 0 radical (unpaired) electrons. The Labute approximate surface area is 83.1 Å². The van der Waals surface area contributed by atoms with Gasteiger partial charge >= 0.3 is 0 Å². The molecule has 0 unspecified atom stereocenters. The summed E-state index contributed by atoms with van der Waals surface area (Å²) in [6.45, 7) is 0.974. The lowest BCUT2D eigenvalue weighted by Crippen LogP contribution is -2.14. The quantitative estimate of drug-likeness (QED) is 0.781. The second-order valence-corrected chi connectivity index (χ2v) is 3.54. The highest BCUT2D eigenvalue weighted by Gasteiger charge is 2.19. The molecule has 1 aromatic rings. The molecule has 76 valence electrons. The van der Waals surface area contributed by atoms with E-state index >= 15 is 0 Å². The molecule has 1 atom stereocenters. The molecule has 1 saturated heterocycles. The van der Waals surface area contributed by atoms with Crippen LogP contribution in [0, 0.1) is 5.82 Å². The number of methoxy groups -OCH3 is 1. The van der Waals surface area contributed by atoms with Gasteiger partial charge in [0.15, 0.2) is 0 Å². The van der Waals surface area contributed by atoms with Crippen molar-refractivity contribution in [2.24, 2.45) is 0 Å². The Morgan fingerprint density at radius 3 is 3.00 bits per heavy atom. The molecular weight excluding hydrogens is 181 g/mol. The lowest BCUT2D eigenvalue weighted by atomic mass is 10.0. The Kier molecular flexibility index (Phi) is 2.68. The minimum absolute atomic E-state index is 0.148. The third-order valence-corrected chi connectivity index (χ3v) is 2.64. The van der Waals surface area contributed by atoms with Crippen molar-refractivity contribution in [2.75, 3.05) is 13.7 Å². The fourth-order valence-corrected chi connectivity index (χ4v) is 1.87. The summed E-state index contributed by atoms with van der Waals surface area (Å²) < 4.78 is 18.5. The molecule has 0 aliphatic carbocycles. The summed E-state index contributed by atoms with van der Waals surface area (Å²) in [5.41, 5.74) is 0.724. The summed E-state index contributed by atoms with van der Waals surface area (Å²) in [5, 5.41) is 3.27. The van der Waals surface area contributed by atoms with E-state index in [0.29, 0.717) is 0 Å². The van der Waals surface area contributed by atoms with Gasteiger partial charge in [-0.3, -0.25) is 0 Å². The number of ether oxygens (including phenoxy) is 1. The van der Waals surface area contributed by atoms with Gasteiger partial charge in [-0.1, -0.05) is 0 Å². The van der Waals surface area contributed by atoms with Gasteiger partial charge in [-0.25, -0.2) is 4.39 Å². The monoisotopic (exact) mass is 195 g/mol. The van der Waals surface area contributed by atoms with Gasteiger partial charge in [0.25, 0.3) is 0 Å². The highest BCUT2D eigenvalue weighted by atomic mass is 19.1. The topological polar surface area (TPSA) is 21.3 Å². The van der Waals surface area contributed by atoms with Crippen LogP contribution in [-0.4, -0.2) is 13.7 Å². The van der Waals surface area contributed by atoms with Crippen LogP contribution < -0.4 is 10.1 Å². The molecule has 1 fully saturated rings. The van der Waals surface area contributed by atoms with Gasteiger partial charge in [-0.15, -0.1) is 0 Å². The van der Waals surface area contributed by atoms with Gasteiger partial charge in [-0.05, 0) is 37.6 Å². The average Bonchev–Trinajstić information content (AvgIpc) is 2.71. The van der Waals surface area contributed by atoms with Crippen molar-refractivity contribution in [3.05, 3.63) is 29.6 Å². The second kappa shape index (κ2) is 3.96. The number of rotatable bonds is 2. The first-order valence-electron chi connectivity index (χ1n) is 4.88. The van der Waals surface area contributed by atoms with E-state index in [1.165, 1.54) is 6.07 Å². The fraction of sp³-hybridized carbons (Fsp3) is 0.455. The third-order valence-electron chi connectivity index (χ3n) is 2.64. The van der Waals surface area contributed by atoms with Gasteiger partial charge in [0, 0.05) is 11.6 Å². The van der Waals surface area contributed by atoms with Crippen LogP contribution in [0.15, 0.2) is 18.2 Å². The molecule has 1 aliphatic heterocycles. The molecule has 0 saturated carbocycles. The smallest absolute Gasteiger partial charge is 0.128 e. The van der Waals surface area contributed by atoms with E-state index in [4.69, 9.17) is 4.74 Å². The maximum Gasteiger partial charge on any atom is 0.128 e. The number of hydrogen-bond donors (Lipinski definition) is 1. The number of benzene rings is 1. The summed E-state index contributed by atoms with van der Waals surface area (Å²) in [7, 11) is 1.60. The van der Waals surface area contributed by atoms with Crippen molar-refractivity contribution in [1.82, 2.24) is 5.32 Å². The predicted octanol–water partition coefficient (Wildman–Crippen LogP) is 2.26. The Morgan fingerprint density at radius 1 is 1.50 bits per heavy atom. The maximum atomic E-state index is 13.5. The summed E-state index contributed by atoms with van der Waals surface area (Å²) >= 11 is 0. The van der Waals surface area contributed by atoms with Crippen LogP contribution in [-0.2, 0) is 0 Å². The van der Waals surface area contributed by atoms with Gasteiger partial charge in [-0.2, -0.15) is 0 Å². The van der Waals surface area contributed by atoms with Crippen LogP contribution >= 0.6 is 0 Å². The summed E-state index contributed by atoms with van der Waals surface area (Å²) in [6, 6.07) is 5.05. The SMILES string of the molecule is COc1ccc(F)c([C@@H]2CCCN2)c1. The van der Waals surface area contributed by atoms with Crippen LogP contribution in [0.3, 0.4) is 0 Å². The second-order valence-electron chi connectivity index (χ2n) is 3.54. The van der Waals surface area contributed by atoms with Gasteiger partial charge in [0.05, 0.1) is 7.11 Å². The molecule has 0 spiro atoms. The highest BCUT2D eigenvalue weighted by Crippen LogP contribution is 2.28. The molecule has 3 heteroatoms. The van der Waals surface area contributed by atoms with Crippen molar-refractivity contribution in [1.29, 1.82) is 0 Å². The van der Waals surface area contributed by atoms with E-state index in [1.54, 1.807) is 19.2 Å². The zero-order valence-electron chi connectivity index (χ0n) is 8.22. The predicted molar refractivity (Wildman–Crippen MR) is 52.9 cm³/mol. The highest BCUT2D eigenvalue weighted by molar-refractivity contribution is 5.32. The van der Waals surface area contributed by atoms with E-state index in [9.17, 15) is 4.39 Å². The van der Waals surface area contributed by atoms with E-state index in [2.05, 4.69) is 5.32 Å². The molecule has 0 amide bonds. The fourth-order valence-electron chi connectivity index (χ4n) is 1.87. The van der Waals surface area contributed by atoms with E-state index < -0.39 is 0 Å². The Hall–Kier alpha value is -1.09. The van der Waals surface area contributed by atoms with Crippen LogP contribution in [0.25, 0.3) is 0 Å². The molecule has 1 aliphatic rings.